The first-order valence-electron chi connectivity index (χ1n) is 7.66. The Morgan fingerprint density at radius 1 is 1.09 bits per heavy atom. The average Bonchev–Trinajstić information content (AvgIpc) is 2.97. The summed E-state index contributed by atoms with van der Waals surface area (Å²) in [6.45, 7) is 4.60. The van der Waals surface area contributed by atoms with E-state index in [1.165, 1.54) is 29.4 Å². The van der Waals surface area contributed by atoms with Gasteiger partial charge in [-0.15, -0.1) is 0 Å². The van der Waals surface area contributed by atoms with Crippen molar-refractivity contribution in [2.24, 2.45) is 0 Å². The number of nitrogens with zero attached hydrogens (tertiary/aromatic N) is 1. The lowest BCUT2D eigenvalue weighted by atomic mass is 10.1. The monoisotopic (exact) mass is 311 g/mol. The second kappa shape index (κ2) is 6.42. The fraction of sp³-hybridized carbons (Fsp3) is 0.316. The molecule has 0 unspecified atom stereocenters. The molecule has 1 heterocycles. The lowest BCUT2D eigenvalue weighted by Crippen LogP contribution is -2.16. The zero-order chi connectivity index (χ0) is 16.4. The molecule has 0 fully saturated rings. The number of hydrogen-bond acceptors (Lipinski definition) is 4. The van der Waals surface area contributed by atoms with Crippen LogP contribution in [-0.4, -0.2) is 25.1 Å². The van der Waals surface area contributed by atoms with Gasteiger partial charge in [-0.3, -0.25) is 4.90 Å². The SMILES string of the molecule is COC(=O)c1ccc2c(c1)CN(Cc1ccc(C)cc1OC)C2. The fourth-order valence-corrected chi connectivity index (χ4v) is 3.05. The lowest BCUT2D eigenvalue weighted by Gasteiger charge is -2.17. The molecule has 0 amide bonds. The molecule has 4 nitrogen and oxygen atoms in total. The van der Waals surface area contributed by atoms with E-state index in [9.17, 15) is 4.79 Å². The Labute approximate surface area is 136 Å². The third kappa shape index (κ3) is 3.22. The van der Waals surface area contributed by atoms with Gasteiger partial charge >= 0.3 is 5.97 Å². The molecule has 0 bridgehead atoms. The molecule has 0 saturated carbocycles. The van der Waals surface area contributed by atoms with Crippen LogP contribution in [0, 0.1) is 6.92 Å². The van der Waals surface area contributed by atoms with Gasteiger partial charge in [-0.1, -0.05) is 18.2 Å². The summed E-state index contributed by atoms with van der Waals surface area (Å²) in [5.74, 6) is 0.641. The first kappa shape index (κ1) is 15.6. The minimum atomic E-state index is -0.286. The highest BCUT2D eigenvalue weighted by Crippen LogP contribution is 2.28. The van der Waals surface area contributed by atoms with Gasteiger partial charge in [0.1, 0.15) is 5.75 Å². The van der Waals surface area contributed by atoms with Crippen LogP contribution in [0.2, 0.25) is 0 Å². The third-order valence-corrected chi connectivity index (χ3v) is 4.25. The molecule has 23 heavy (non-hydrogen) atoms. The summed E-state index contributed by atoms with van der Waals surface area (Å²) in [7, 11) is 3.12. The van der Waals surface area contributed by atoms with Gasteiger partial charge in [-0.2, -0.15) is 0 Å². The number of carbonyl (C=O) groups excluding carboxylic acids is 1. The van der Waals surface area contributed by atoms with Gasteiger partial charge in [-0.25, -0.2) is 4.79 Å². The molecule has 2 aromatic rings. The predicted octanol–water partition coefficient (Wildman–Crippen LogP) is 3.31. The first-order valence-corrected chi connectivity index (χ1v) is 7.66. The molecule has 0 aliphatic carbocycles. The Balaban J connectivity index is 1.76. The van der Waals surface area contributed by atoms with Crippen molar-refractivity contribution in [2.45, 2.75) is 26.6 Å². The van der Waals surface area contributed by atoms with Crippen molar-refractivity contribution in [2.75, 3.05) is 14.2 Å². The molecule has 0 saturated heterocycles. The molecule has 0 atom stereocenters. The average molecular weight is 311 g/mol. The van der Waals surface area contributed by atoms with E-state index in [-0.39, 0.29) is 5.97 Å². The van der Waals surface area contributed by atoms with Gasteiger partial charge < -0.3 is 9.47 Å². The lowest BCUT2D eigenvalue weighted by molar-refractivity contribution is 0.0600. The maximum absolute atomic E-state index is 11.6. The Morgan fingerprint density at radius 3 is 2.61 bits per heavy atom. The summed E-state index contributed by atoms with van der Waals surface area (Å²) >= 11 is 0. The van der Waals surface area contributed by atoms with Gasteiger partial charge in [0.25, 0.3) is 0 Å². The number of fused-ring (bicyclic) bond motifs is 1. The van der Waals surface area contributed by atoms with E-state index in [4.69, 9.17) is 9.47 Å². The minimum absolute atomic E-state index is 0.286. The molecular weight excluding hydrogens is 290 g/mol. The topological polar surface area (TPSA) is 38.8 Å². The molecule has 1 aliphatic heterocycles. The molecule has 0 spiro atoms. The van der Waals surface area contributed by atoms with Crippen LogP contribution in [0.3, 0.4) is 0 Å². The normalized spacial score (nSPS) is 13.7. The van der Waals surface area contributed by atoms with Crippen LogP contribution in [0.15, 0.2) is 36.4 Å². The van der Waals surface area contributed by atoms with Crippen molar-refractivity contribution in [1.82, 2.24) is 4.90 Å². The number of ether oxygens (including phenoxy) is 2. The smallest absolute Gasteiger partial charge is 0.337 e. The molecule has 0 radical (unpaired) electrons. The summed E-state index contributed by atoms with van der Waals surface area (Å²) in [4.78, 5) is 14.0. The second-order valence-electron chi connectivity index (χ2n) is 5.94. The number of methoxy groups -OCH3 is 2. The van der Waals surface area contributed by atoms with Crippen LogP contribution >= 0.6 is 0 Å². The molecule has 0 aromatic heterocycles. The van der Waals surface area contributed by atoms with E-state index in [1.807, 2.05) is 18.2 Å². The second-order valence-corrected chi connectivity index (χ2v) is 5.94. The van der Waals surface area contributed by atoms with Crippen LogP contribution in [0.4, 0.5) is 0 Å². The van der Waals surface area contributed by atoms with Gasteiger partial charge in [0.05, 0.1) is 19.8 Å². The van der Waals surface area contributed by atoms with Crippen molar-refractivity contribution in [3.63, 3.8) is 0 Å². The van der Waals surface area contributed by atoms with Crippen LogP contribution in [-0.2, 0) is 24.4 Å². The zero-order valence-corrected chi connectivity index (χ0v) is 13.8. The quantitative estimate of drug-likeness (QED) is 0.812. The van der Waals surface area contributed by atoms with Crippen LogP contribution in [0.25, 0.3) is 0 Å². The standard InChI is InChI=1S/C19H21NO3/c1-13-4-5-16(18(8-13)22-2)11-20-10-15-7-6-14(19(21)23-3)9-17(15)12-20/h4-9H,10-12H2,1-3H3. The third-order valence-electron chi connectivity index (χ3n) is 4.25. The summed E-state index contributed by atoms with van der Waals surface area (Å²) in [5, 5.41) is 0. The van der Waals surface area contributed by atoms with Crippen LogP contribution in [0.1, 0.15) is 32.6 Å². The van der Waals surface area contributed by atoms with E-state index in [1.54, 1.807) is 7.11 Å². The first-order chi connectivity index (χ1) is 11.1. The van der Waals surface area contributed by atoms with Gasteiger partial charge in [0.15, 0.2) is 0 Å². The number of carbonyl (C=O) groups is 1. The Hall–Kier alpha value is -2.33. The van der Waals surface area contributed by atoms with Crippen molar-refractivity contribution >= 4 is 5.97 Å². The van der Waals surface area contributed by atoms with E-state index in [0.29, 0.717) is 5.56 Å². The summed E-state index contributed by atoms with van der Waals surface area (Å²) in [6, 6.07) is 12.1. The van der Waals surface area contributed by atoms with E-state index in [2.05, 4.69) is 30.0 Å². The maximum atomic E-state index is 11.6. The van der Waals surface area contributed by atoms with Crippen molar-refractivity contribution in [3.05, 3.63) is 64.2 Å². The maximum Gasteiger partial charge on any atom is 0.337 e. The van der Waals surface area contributed by atoms with E-state index in [0.717, 1.165) is 25.4 Å². The van der Waals surface area contributed by atoms with Crippen LogP contribution in [0.5, 0.6) is 5.75 Å². The Kier molecular flexibility index (Phi) is 4.35. The van der Waals surface area contributed by atoms with Gasteiger partial charge in [-0.05, 0) is 41.8 Å². The van der Waals surface area contributed by atoms with E-state index < -0.39 is 0 Å². The molecule has 4 heteroatoms. The van der Waals surface area contributed by atoms with Gasteiger partial charge in [0, 0.05) is 25.2 Å². The zero-order valence-electron chi connectivity index (χ0n) is 13.8. The predicted molar refractivity (Wildman–Crippen MR) is 88.5 cm³/mol. The Morgan fingerprint density at radius 2 is 1.87 bits per heavy atom. The van der Waals surface area contributed by atoms with Crippen LogP contribution < -0.4 is 4.74 Å². The molecular formula is C19H21NO3. The molecule has 1 aliphatic rings. The number of hydrogen-bond donors (Lipinski definition) is 0. The minimum Gasteiger partial charge on any atom is -0.496 e. The number of rotatable bonds is 4. The van der Waals surface area contributed by atoms with E-state index >= 15 is 0 Å². The number of benzene rings is 2. The fourth-order valence-electron chi connectivity index (χ4n) is 3.05. The number of aryl methyl sites for hydroxylation is 1. The van der Waals surface area contributed by atoms with Crippen molar-refractivity contribution in [3.8, 4) is 5.75 Å². The highest BCUT2D eigenvalue weighted by atomic mass is 16.5. The Bertz CT molecular complexity index is 739. The summed E-state index contributed by atoms with van der Waals surface area (Å²) in [5.41, 5.74) is 5.45. The molecule has 2 aromatic carbocycles. The summed E-state index contributed by atoms with van der Waals surface area (Å²) in [6.07, 6.45) is 0. The molecule has 0 N–H and O–H groups in total. The molecule has 3 rings (SSSR count). The van der Waals surface area contributed by atoms with Crippen molar-refractivity contribution < 1.29 is 14.3 Å². The largest absolute Gasteiger partial charge is 0.496 e. The number of esters is 1. The highest BCUT2D eigenvalue weighted by molar-refractivity contribution is 5.89. The molecule has 120 valence electrons. The van der Waals surface area contributed by atoms with Gasteiger partial charge in [0.2, 0.25) is 0 Å². The summed E-state index contributed by atoms with van der Waals surface area (Å²) < 4.78 is 10.3. The van der Waals surface area contributed by atoms with Crippen molar-refractivity contribution in [1.29, 1.82) is 0 Å². The highest BCUT2D eigenvalue weighted by Gasteiger charge is 2.21.